The number of carbonyl (C=O) groups excluding carboxylic acids is 2. The van der Waals surface area contributed by atoms with Crippen molar-refractivity contribution in [2.45, 2.75) is 38.3 Å². The molecule has 8 nitrogen and oxygen atoms in total. The van der Waals surface area contributed by atoms with E-state index in [9.17, 15) is 14.0 Å². The van der Waals surface area contributed by atoms with E-state index in [1.54, 1.807) is 24.1 Å². The lowest BCUT2D eigenvalue weighted by Gasteiger charge is -2.31. The summed E-state index contributed by atoms with van der Waals surface area (Å²) in [5, 5.41) is 0. The lowest BCUT2D eigenvalue weighted by atomic mass is 10.0. The Kier molecular flexibility index (Phi) is 7.89. The molecule has 2 aromatic carbocycles. The first-order valence-corrected chi connectivity index (χ1v) is 12.2. The van der Waals surface area contributed by atoms with Gasteiger partial charge >= 0.3 is 0 Å². The Labute approximate surface area is 215 Å². The van der Waals surface area contributed by atoms with Crippen molar-refractivity contribution < 1.29 is 18.7 Å². The van der Waals surface area contributed by atoms with Gasteiger partial charge in [0.2, 0.25) is 11.6 Å². The lowest BCUT2D eigenvalue weighted by molar-refractivity contribution is -0.118. The van der Waals surface area contributed by atoms with Gasteiger partial charge in [-0.05, 0) is 66.8 Å². The Morgan fingerprint density at radius 3 is 2.51 bits per heavy atom. The Morgan fingerprint density at radius 2 is 1.89 bits per heavy atom. The van der Waals surface area contributed by atoms with Gasteiger partial charge in [-0.25, -0.2) is 9.24 Å². The maximum absolute atomic E-state index is 14.7. The van der Waals surface area contributed by atoms with Crippen LogP contribution >= 0.6 is 0 Å². The van der Waals surface area contributed by atoms with Crippen molar-refractivity contribution in [1.29, 1.82) is 0 Å². The summed E-state index contributed by atoms with van der Waals surface area (Å²) in [5.41, 5.74) is 14.6. The Morgan fingerprint density at radius 1 is 1.16 bits per heavy atom. The highest BCUT2D eigenvalue weighted by molar-refractivity contribution is 5.98. The molecular weight excluding hydrogens is 473 g/mol. The van der Waals surface area contributed by atoms with Crippen LogP contribution in [0.5, 0.6) is 5.75 Å². The van der Waals surface area contributed by atoms with Crippen LogP contribution in [-0.4, -0.2) is 47.5 Å². The second kappa shape index (κ2) is 11.3. The normalized spacial score (nSPS) is 15.3. The highest BCUT2D eigenvalue weighted by Gasteiger charge is 2.28. The van der Waals surface area contributed by atoms with E-state index in [-0.39, 0.29) is 24.1 Å². The molecule has 0 aliphatic carbocycles. The molecule has 2 heterocycles. The smallest absolute Gasteiger partial charge is 0.270 e. The van der Waals surface area contributed by atoms with Crippen LogP contribution in [-0.2, 0) is 11.3 Å². The van der Waals surface area contributed by atoms with Crippen molar-refractivity contribution in [3.05, 3.63) is 71.5 Å². The van der Waals surface area contributed by atoms with Crippen molar-refractivity contribution in [2.24, 2.45) is 11.5 Å². The predicted molar refractivity (Wildman–Crippen MR) is 140 cm³/mol. The number of halogens is 1. The van der Waals surface area contributed by atoms with Gasteiger partial charge in [0.15, 0.2) is 0 Å². The van der Waals surface area contributed by atoms with Crippen LogP contribution in [0.4, 0.5) is 10.1 Å². The average molecular weight is 504 g/mol. The maximum Gasteiger partial charge on any atom is 0.270 e. The summed E-state index contributed by atoms with van der Waals surface area (Å²) in [5.74, 6) is -0.564. The van der Waals surface area contributed by atoms with Crippen LogP contribution in [0.15, 0.2) is 48.5 Å². The van der Waals surface area contributed by atoms with Crippen molar-refractivity contribution in [3.63, 3.8) is 0 Å². The van der Waals surface area contributed by atoms with Gasteiger partial charge in [-0.15, -0.1) is 0 Å². The predicted octanol–water partition coefficient (Wildman–Crippen LogP) is 4.35. The highest BCUT2D eigenvalue weighted by Crippen LogP contribution is 2.38. The molecule has 4 N–H and O–H groups in total. The zero-order valence-corrected chi connectivity index (χ0v) is 20.7. The minimum Gasteiger partial charge on any atom is -0.497 e. The van der Waals surface area contributed by atoms with Crippen molar-refractivity contribution in [2.75, 3.05) is 20.2 Å². The number of amides is 2. The van der Waals surface area contributed by atoms with Crippen LogP contribution in [0.1, 0.15) is 36.2 Å². The second-order valence-electron chi connectivity index (χ2n) is 9.17. The number of primary amides is 1. The number of nitrogens with zero attached hydrogens (tertiary/aromatic N) is 3. The molecule has 0 saturated carbocycles. The van der Waals surface area contributed by atoms with Crippen LogP contribution in [0.3, 0.4) is 0 Å². The molecule has 0 spiro atoms. The monoisotopic (exact) mass is 503 g/mol. The van der Waals surface area contributed by atoms with E-state index in [2.05, 4.69) is 4.85 Å². The van der Waals surface area contributed by atoms with E-state index in [1.807, 2.05) is 28.8 Å². The number of piperidine rings is 1. The average Bonchev–Trinajstić information content (AvgIpc) is 3.27. The fourth-order valence-electron chi connectivity index (χ4n) is 4.77. The molecule has 1 saturated heterocycles. The zero-order valence-electron chi connectivity index (χ0n) is 20.7. The molecule has 0 bridgehead atoms. The summed E-state index contributed by atoms with van der Waals surface area (Å²) in [4.78, 5) is 30.2. The Balaban J connectivity index is 1.91. The summed E-state index contributed by atoms with van der Waals surface area (Å²) in [7, 11) is 1.58. The molecule has 1 aromatic heterocycles. The molecule has 37 heavy (non-hydrogen) atoms. The number of methoxy groups -OCH3 is 1. The van der Waals surface area contributed by atoms with Crippen molar-refractivity contribution in [1.82, 2.24) is 9.47 Å². The standard InChI is InChI=1S/C28H30FN5O3/c1-32-24-12-9-19(15-23(24)29)22-16-25(28(36)33-13-3-5-20(30)17-33)34(14-4-6-26(31)35)27(22)18-7-10-21(37-2)11-8-18/h7-12,15-16,20H,3-6,13-14,17,30H2,2H3,(H2,31,35)/t20-/m1/s1. The summed E-state index contributed by atoms with van der Waals surface area (Å²) < 4.78 is 21.9. The van der Waals surface area contributed by atoms with E-state index < -0.39 is 11.7 Å². The van der Waals surface area contributed by atoms with E-state index in [4.69, 9.17) is 22.8 Å². The third kappa shape index (κ3) is 5.65. The van der Waals surface area contributed by atoms with Crippen molar-refractivity contribution in [3.8, 4) is 28.1 Å². The number of hydrogen-bond donors (Lipinski definition) is 2. The molecule has 192 valence electrons. The van der Waals surface area contributed by atoms with Gasteiger partial charge in [0.1, 0.15) is 17.3 Å². The van der Waals surface area contributed by atoms with E-state index in [1.165, 1.54) is 12.1 Å². The number of benzene rings is 2. The first kappa shape index (κ1) is 25.9. The molecule has 2 amide bonds. The fraction of sp³-hybridized carbons (Fsp3) is 0.321. The van der Waals surface area contributed by atoms with Crippen LogP contribution in [0.25, 0.3) is 27.2 Å². The molecular formula is C28H30FN5O3. The minimum atomic E-state index is -0.635. The van der Waals surface area contributed by atoms with Crippen LogP contribution in [0.2, 0.25) is 0 Å². The second-order valence-corrected chi connectivity index (χ2v) is 9.17. The molecule has 9 heteroatoms. The van der Waals surface area contributed by atoms with Gasteiger partial charge in [0.05, 0.1) is 19.4 Å². The third-order valence-corrected chi connectivity index (χ3v) is 6.61. The first-order chi connectivity index (χ1) is 17.8. The Hall–Kier alpha value is -4.16. The molecule has 1 atom stereocenters. The summed E-state index contributed by atoms with van der Waals surface area (Å²) in [6, 6.07) is 13.5. The summed E-state index contributed by atoms with van der Waals surface area (Å²) in [6.45, 7) is 8.58. The molecule has 0 radical (unpaired) electrons. The number of rotatable bonds is 8. The number of likely N-dealkylation sites (tertiary alicyclic amines) is 1. The molecule has 1 fully saturated rings. The van der Waals surface area contributed by atoms with Crippen LogP contribution < -0.4 is 16.2 Å². The molecule has 1 aliphatic heterocycles. The van der Waals surface area contributed by atoms with Gasteiger partial charge in [0.25, 0.3) is 5.91 Å². The number of aromatic nitrogens is 1. The number of carbonyl (C=O) groups is 2. The highest BCUT2D eigenvalue weighted by atomic mass is 19.1. The zero-order chi connectivity index (χ0) is 26.5. The summed E-state index contributed by atoms with van der Waals surface area (Å²) in [6.07, 6.45) is 2.26. The quantitative estimate of drug-likeness (QED) is 0.446. The fourth-order valence-corrected chi connectivity index (χ4v) is 4.77. The minimum absolute atomic E-state index is 0.0748. The number of ether oxygens (including phenoxy) is 1. The molecule has 0 unspecified atom stereocenters. The largest absolute Gasteiger partial charge is 0.497 e. The summed E-state index contributed by atoms with van der Waals surface area (Å²) >= 11 is 0. The van der Waals surface area contributed by atoms with Gasteiger partial charge in [-0.3, -0.25) is 9.59 Å². The number of nitrogens with two attached hydrogens (primary N) is 2. The van der Waals surface area contributed by atoms with Gasteiger partial charge in [-0.1, -0.05) is 12.1 Å². The molecule has 1 aliphatic rings. The third-order valence-electron chi connectivity index (χ3n) is 6.61. The molecule has 3 aromatic rings. The topological polar surface area (TPSA) is 108 Å². The van der Waals surface area contributed by atoms with E-state index >= 15 is 0 Å². The van der Waals surface area contributed by atoms with Crippen LogP contribution in [0, 0.1) is 12.4 Å². The maximum atomic E-state index is 14.7. The first-order valence-electron chi connectivity index (χ1n) is 12.2. The number of hydrogen-bond acceptors (Lipinski definition) is 4. The SMILES string of the molecule is [C-]#[N+]c1ccc(-c2cc(C(=O)N3CCC[C@@H](N)C3)n(CCCC(N)=O)c2-c2ccc(OC)cc2)cc1F. The van der Waals surface area contributed by atoms with Gasteiger partial charge in [0, 0.05) is 37.7 Å². The van der Waals surface area contributed by atoms with E-state index in [0.717, 1.165) is 18.4 Å². The Bertz CT molecular complexity index is 1340. The van der Waals surface area contributed by atoms with E-state index in [0.29, 0.717) is 54.3 Å². The van der Waals surface area contributed by atoms with Crippen molar-refractivity contribution >= 4 is 17.5 Å². The molecule has 4 rings (SSSR count). The van der Waals surface area contributed by atoms with Gasteiger partial charge in [-0.2, -0.15) is 0 Å². The van der Waals surface area contributed by atoms with Gasteiger partial charge < -0.3 is 25.7 Å². The lowest BCUT2D eigenvalue weighted by Crippen LogP contribution is -2.46.